The van der Waals surface area contributed by atoms with Gasteiger partial charge in [-0.25, -0.2) is 0 Å². The van der Waals surface area contributed by atoms with E-state index in [2.05, 4.69) is 10.6 Å². The predicted octanol–water partition coefficient (Wildman–Crippen LogP) is 2.39. The van der Waals surface area contributed by atoms with Crippen LogP contribution in [0.2, 0.25) is 0 Å². The molecule has 1 amide bonds. The quantitative estimate of drug-likeness (QED) is 0.515. The average Bonchev–Trinajstić information content (AvgIpc) is 2.50. The summed E-state index contributed by atoms with van der Waals surface area (Å²) >= 11 is 0. The van der Waals surface area contributed by atoms with Crippen LogP contribution in [0.25, 0.3) is 0 Å². The summed E-state index contributed by atoms with van der Waals surface area (Å²) in [5.74, 6) is -1.66. The molecule has 2 aromatic carbocycles. The van der Waals surface area contributed by atoms with E-state index in [1.165, 1.54) is 6.92 Å². The van der Waals surface area contributed by atoms with Gasteiger partial charge >= 0.3 is 0 Å². The van der Waals surface area contributed by atoms with Gasteiger partial charge in [-0.1, -0.05) is 18.2 Å². The lowest BCUT2D eigenvalue weighted by Crippen LogP contribution is -2.12. The van der Waals surface area contributed by atoms with E-state index in [0.717, 1.165) is 12.1 Å². The SMILES string of the molecule is CC(=O)c1cc(O)c(C(=O)Nc2ccccc2)cc1O.CNC. The molecule has 0 saturated carbocycles. The zero-order valence-corrected chi connectivity index (χ0v) is 13.3. The summed E-state index contributed by atoms with van der Waals surface area (Å²) in [5, 5.41) is 24.8. The molecule has 0 radical (unpaired) electrons. The lowest BCUT2D eigenvalue weighted by molar-refractivity contribution is 0.100. The first-order valence-electron chi connectivity index (χ1n) is 6.92. The maximum absolute atomic E-state index is 12.0. The van der Waals surface area contributed by atoms with Crippen molar-refractivity contribution >= 4 is 17.4 Å². The van der Waals surface area contributed by atoms with E-state index in [-0.39, 0.29) is 22.6 Å². The Morgan fingerprint density at radius 3 is 1.91 bits per heavy atom. The zero-order valence-electron chi connectivity index (χ0n) is 13.3. The molecular weight excluding hydrogens is 296 g/mol. The number of phenolic OH excluding ortho intramolecular Hbond substituents is 2. The molecule has 6 nitrogen and oxygen atoms in total. The molecule has 0 bridgehead atoms. The minimum Gasteiger partial charge on any atom is -0.507 e. The van der Waals surface area contributed by atoms with Crippen LogP contribution >= 0.6 is 0 Å². The summed E-state index contributed by atoms with van der Waals surface area (Å²) in [5.41, 5.74) is 0.433. The monoisotopic (exact) mass is 316 g/mol. The van der Waals surface area contributed by atoms with Crippen molar-refractivity contribution in [1.29, 1.82) is 0 Å². The van der Waals surface area contributed by atoms with Crippen molar-refractivity contribution in [2.24, 2.45) is 0 Å². The van der Waals surface area contributed by atoms with E-state index >= 15 is 0 Å². The fourth-order valence-electron chi connectivity index (χ4n) is 1.76. The van der Waals surface area contributed by atoms with E-state index in [0.29, 0.717) is 5.69 Å². The van der Waals surface area contributed by atoms with Crippen molar-refractivity contribution < 1.29 is 19.8 Å². The minimum absolute atomic E-state index is 0.0289. The molecule has 0 aliphatic rings. The maximum Gasteiger partial charge on any atom is 0.259 e. The largest absolute Gasteiger partial charge is 0.507 e. The van der Waals surface area contributed by atoms with Gasteiger partial charge in [-0.15, -0.1) is 0 Å². The first-order chi connectivity index (χ1) is 10.9. The molecule has 23 heavy (non-hydrogen) atoms. The molecule has 0 spiro atoms. The fraction of sp³-hybridized carbons (Fsp3) is 0.176. The van der Waals surface area contributed by atoms with Crippen LogP contribution in [-0.2, 0) is 0 Å². The second-order valence-electron chi connectivity index (χ2n) is 4.76. The number of ketones is 1. The summed E-state index contributed by atoms with van der Waals surface area (Å²) in [6.45, 7) is 1.26. The summed E-state index contributed by atoms with van der Waals surface area (Å²) < 4.78 is 0. The molecule has 2 rings (SSSR count). The van der Waals surface area contributed by atoms with Gasteiger partial charge in [0.1, 0.15) is 11.5 Å². The van der Waals surface area contributed by atoms with Gasteiger partial charge in [0.25, 0.3) is 5.91 Å². The lowest BCUT2D eigenvalue weighted by atomic mass is 10.1. The molecule has 2 aromatic rings. The number of carbonyl (C=O) groups excluding carboxylic acids is 2. The molecule has 0 heterocycles. The number of nitrogens with one attached hydrogen (secondary N) is 2. The summed E-state index contributed by atoms with van der Waals surface area (Å²) in [6.07, 6.45) is 0. The van der Waals surface area contributed by atoms with Gasteiger partial charge in [-0.05, 0) is 45.3 Å². The van der Waals surface area contributed by atoms with E-state index < -0.39 is 11.7 Å². The van der Waals surface area contributed by atoms with Crippen LogP contribution in [0, 0.1) is 0 Å². The van der Waals surface area contributed by atoms with Crippen molar-refractivity contribution in [2.75, 3.05) is 19.4 Å². The number of benzene rings is 2. The van der Waals surface area contributed by atoms with Gasteiger partial charge < -0.3 is 20.8 Å². The average molecular weight is 316 g/mol. The van der Waals surface area contributed by atoms with Crippen LogP contribution in [0.1, 0.15) is 27.6 Å². The zero-order chi connectivity index (χ0) is 17.4. The van der Waals surface area contributed by atoms with Crippen molar-refractivity contribution in [2.45, 2.75) is 6.92 Å². The maximum atomic E-state index is 12.0. The molecule has 4 N–H and O–H groups in total. The topological polar surface area (TPSA) is 98.7 Å². The molecule has 0 atom stereocenters. The number of hydrogen-bond acceptors (Lipinski definition) is 5. The van der Waals surface area contributed by atoms with E-state index in [9.17, 15) is 19.8 Å². The van der Waals surface area contributed by atoms with Crippen LogP contribution < -0.4 is 10.6 Å². The van der Waals surface area contributed by atoms with Crippen molar-refractivity contribution in [1.82, 2.24) is 5.32 Å². The van der Waals surface area contributed by atoms with Gasteiger partial charge in [-0.2, -0.15) is 0 Å². The normalized spacial score (nSPS) is 9.52. The Kier molecular flexibility index (Phi) is 6.76. The molecule has 0 aliphatic carbocycles. The van der Waals surface area contributed by atoms with Crippen molar-refractivity contribution in [3.8, 4) is 11.5 Å². The van der Waals surface area contributed by atoms with Crippen LogP contribution in [0.15, 0.2) is 42.5 Å². The highest BCUT2D eigenvalue weighted by molar-refractivity contribution is 6.08. The molecule has 122 valence electrons. The Morgan fingerprint density at radius 2 is 1.39 bits per heavy atom. The Labute approximate surface area is 134 Å². The van der Waals surface area contributed by atoms with Crippen LogP contribution in [-0.4, -0.2) is 36.0 Å². The summed E-state index contributed by atoms with van der Waals surface area (Å²) in [7, 11) is 3.75. The number of Topliss-reactive ketones (excluding diaryl/α,β-unsaturated/α-hetero) is 1. The van der Waals surface area contributed by atoms with E-state index in [1.807, 2.05) is 14.1 Å². The van der Waals surface area contributed by atoms with E-state index in [4.69, 9.17) is 0 Å². The minimum atomic E-state index is -0.570. The van der Waals surface area contributed by atoms with Crippen LogP contribution in [0.3, 0.4) is 0 Å². The van der Waals surface area contributed by atoms with Gasteiger partial charge in [0.05, 0.1) is 11.1 Å². The second-order valence-corrected chi connectivity index (χ2v) is 4.76. The standard InChI is InChI=1S/C15H13NO4.C2H7N/c1-9(17)11-7-14(19)12(8-13(11)18)15(20)16-10-5-3-2-4-6-10;1-3-2/h2-8,18-19H,1H3,(H,16,20);3H,1-2H3. The highest BCUT2D eigenvalue weighted by Crippen LogP contribution is 2.28. The number of para-hydroxylation sites is 1. The summed E-state index contributed by atoms with van der Waals surface area (Å²) in [4.78, 5) is 23.2. The number of phenols is 2. The highest BCUT2D eigenvalue weighted by Gasteiger charge is 2.17. The van der Waals surface area contributed by atoms with Crippen LogP contribution in [0.4, 0.5) is 5.69 Å². The van der Waals surface area contributed by atoms with Crippen molar-refractivity contribution in [3.63, 3.8) is 0 Å². The number of anilines is 1. The van der Waals surface area contributed by atoms with Crippen LogP contribution in [0.5, 0.6) is 11.5 Å². The predicted molar refractivity (Wildman–Crippen MR) is 89.2 cm³/mol. The van der Waals surface area contributed by atoms with Crippen molar-refractivity contribution in [3.05, 3.63) is 53.6 Å². The molecule has 6 heteroatoms. The summed E-state index contributed by atoms with van der Waals surface area (Å²) in [6, 6.07) is 10.9. The number of rotatable bonds is 3. The number of aromatic hydroxyl groups is 2. The second kappa shape index (κ2) is 8.55. The molecule has 0 aliphatic heterocycles. The lowest BCUT2D eigenvalue weighted by Gasteiger charge is -2.09. The molecule has 0 fully saturated rings. The molecule has 0 aromatic heterocycles. The third-order valence-corrected chi connectivity index (χ3v) is 2.77. The van der Waals surface area contributed by atoms with Gasteiger partial charge in [0.2, 0.25) is 0 Å². The number of amides is 1. The van der Waals surface area contributed by atoms with Gasteiger partial charge in [-0.3, -0.25) is 9.59 Å². The third-order valence-electron chi connectivity index (χ3n) is 2.77. The first kappa shape index (κ1) is 18.2. The fourth-order valence-corrected chi connectivity index (χ4v) is 1.76. The smallest absolute Gasteiger partial charge is 0.259 e. The first-order valence-corrected chi connectivity index (χ1v) is 6.92. The Hall–Kier alpha value is -2.86. The molecule has 0 unspecified atom stereocenters. The molecule has 0 saturated heterocycles. The third kappa shape index (κ3) is 5.12. The Balaban J connectivity index is 0.000000816. The van der Waals surface area contributed by atoms with Gasteiger partial charge in [0, 0.05) is 5.69 Å². The Morgan fingerprint density at radius 1 is 0.913 bits per heavy atom. The van der Waals surface area contributed by atoms with Gasteiger partial charge in [0.15, 0.2) is 5.78 Å². The highest BCUT2D eigenvalue weighted by atomic mass is 16.3. The number of carbonyl (C=O) groups is 2. The van der Waals surface area contributed by atoms with E-state index in [1.54, 1.807) is 30.3 Å². The molecular formula is C17H20N2O4. The Bertz CT molecular complexity index is 684. The number of hydrogen-bond donors (Lipinski definition) is 4.